The zero-order valence-electron chi connectivity index (χ0n) is 19.6. The van der Waals surface area contributed by atoms with Crippen LogP contribution in [-0.4, -0.2) is 8.80 Å². The number of allylic oxidation sites excluding steroid dienone is 9. The van der Waals surface area contributed by atoms with E-state index in [1.807, 2.05) is 0 Å². The van der Waals surface area contributed by atoms with Gasteiger partial charge in [0.25, 0.3) is 0 Å². The molecule has 0 spiro atoms. The van der Waals surface area contributed by atoms with Crippen molar-refractivity contribution in [2.45, 2.75) is 52.1 Å². The number of aryl methyl sites for hydroxylation is 2. The maximum Gasteiger partial charge on any atom is 0.0658 e. The van der Waals surface area contributed by atoms with Crippen LogP contribution in [0.3, 0.4) is 0 Å². The fourth-order valence-corrected chi connectivity index (χ4v) is 8.24. The summed E-state index contributed by atoms with van der Waals surface area (Å²) < 4.78 is 0. The zero-order chi connectivity index (χ0) is 21.9. The van der Waals surface area contributed by atoms with Gasteiger partial charge in [0.1, 0.15) is 0 Å². The molecule has 31 heavy (non-hydrogen) atoms. The van der Waals surface area contributed by atoms with Crippen LogP contribution in [0.25, 0.3) is 6.08 Å². The van der Waals surface area contributed by atoms with E-state index < -0.39 is 8.80 Å². The number of hydrogen-bond acceptors (Lipinski definition) is 0. The van der Waals surface area contributed by atoms with Gasteiger partial charge in [0.2, 0.25) is 0 Å². The lowest BCUT2D eigenvalue weighted by molar-refractivity contribution is 0.548. The van der Waals surface area contributed by atoms with E-state index in [9.17, 15) is 0 Å². The Hall–Kier alpha value is -2.64. The summed E-state index contributed by atoms with van der Waals surface area (Å²) in [7, 11) is -0.952. The van der Waals surface area contributed by atoms with Crippen LogP contribution < -0.4 is 0 Å². The molecule has 0 N–H and O–H groups in total. The maximum absolute atomic E-state index is 2.52. The van der Waals surface area contributed by atoms with Gasteiger partial charge in [-0.2, -0.15) is 0 Å². The number of rotatable bonds is 3. The highest BCUT2D eigenvalue weighted by Crippen LogP contribution is 2.58. The average Bonchev–Trinajstić information content (AvgIpc) is 3.22. The molecule has 5 rings (SSSR count). The van der Waals surface area contributed by atoms with Crippen LogP contribution in [0.15, 0.2) is 94.3 Å². The molecule has 0 radical (unpaired) electrons. The molecule has 2 aromatic rings. The van der Waals surface area contributed by atoms with Gasteiger partial charge in [-0.1, -0.05) is 113 Å². The summed E-state index contributed by atoms with van der Waals surface area (Å²) in [4.78, 5) is 0. The van der Waals surface area contributed by atoms with Crippen LogP contribution in [0, 0.1) is 13.8 Å². The molecular weight excluding hydrogens is 388 g/mol. The normalized spacial score (nSPS) is 24.2. The molecule has 156 valence electrons. The molecule has 3 aliphatic rings. The third-order valence-electron chi connectivity index (χ3n) is 7.31. The second-order valence-corrected chi connectivity index (χ2v) is 12.8. The molecule has 2 atom stereocenters. The molecule has 0 amide bonds. The van der Waals surface area contributed by atoms with Gasteiger partial charge in [0.05, 0.1) is 8.80 Å². The monoisotopic (exact) mass is 420 g/mol. The van der Waals surface area contributed by atoms with Crippen molar-refractivity contribution in [1.82, 2.24) is 0 Å². The summed E-state index contributed by atoms with van der Waals surface area (Å²) in [5.41, 5.74) is 12.7. The van der Waals surface area contributed by atoms with Gasteiger partial charge in [0, 0.05) is 11.3 Å². The van der Waals surface area contributed by atoms with E-state index in [0.29, 0.717) is 5.92 Å². The summed E-state index contributed by atoms with van der Waals surface area (Å²) in [6, 6.07) is 16.1. The third-order valence-corrected chi connectivity index (χ3v) is 9.23. The lowest BCUT2D eigenvalue weighted by Crippen LogP contribution is -2.36. The van der Waals surface area contributed by atoms with Crippen molar-refractivity contribution in [3.05, 3.63) is 122 Å². The molecule has 0 heterocycles. The van der Waals surface area contributed by atoms with Gasteiger partial charge in [-0.15, -0.1) is 0 Å². The van der Waals surface area contributed by atoms with E-state index in [1.165, 1.54) is 50.1 Å². The fraction of sp³-hybridized carbons (Fsp3) is 0.267. The van der Waals surface area contributed by atoms with Crippen molar-refractivity contribution in [2.24, 2.45) is 0 Å². The number of hydrogen-bond donors (Lipinski definition) is 0. The molecule has 2 aromatic carbocycles. The highest BCUT2D eigenvalue weighted by atomic mass is 28.3. The van der Waals surface area contributed by atoms with Gasteiger partial charge in [-0.25, -0.2) is 0 Å². The van der Waals surface area contributed by atoms with Crippen LogP contribution in [0.4, 0.5) is 0 Å². The van der Waals surface area contributed by atoms with E-state index in [2.05, 4.69) is 114 Å². The summed E-state index contributed by atoms with van der Waals surface area (Å²) in [6.45, 7) is 14.0. The fourth-order valence-electron chi connectivity index (χ4n) is 6.37. The summed E-state index contributed by atoms with van der Waals surface area (Å²) >= 11 is 0. The maximum atomic E-state index is 2.52. The van der Waals surface area contributed by atoms with Crippen LogP contribution in [0.5, 0.6) is 0 Å². The third kappa shape index (κ3) is 2.94. The average molecular weight is 421 g/mol. The van der Waals surface area contributed by atoms with Gasteiger partial charge in [-0.05, 0) is 55.5 Å². The van der Waals surface area contributed by atoms with E-state index in [1.54, 1.807) is 5.20 Å². The Morgan fingerprint density at radius 2 is 1.58 bits per heavy atom. The molecule has 0 saturated carbocycles. The Kier molecular flexibility index (Phi) is 4.71. The molecule has 0 bridgehead atoms. The first-order valence-corrected chi connectivity index (χ1v) is 14.4. The predicted molar refractivity (Wildman–Crippen MR) is 137 cm³/mol. The van der Waals surface area contributed by atoms with E-state index >= 15 is 0 Å². The van der Waals surface area contributed by atoms with Crippen molar-refractivity contribution in [2.75, 3.05) is 0 Å². The Labute approximate surface area is 189 Å². The van der Waals surface area contributed by atoms with Crippen LogP contribution >= 0.6 is 0 Å². The quantitative estimate of drug-likeness (QED) is 0.450. The molecule has 0 nitrogen and oxygen atoms in total. The van der Waals surface area contributed by atoms with Crippen molar-refractivity contribution < 1.29 is 0 Å². The van der Waals surface area contributed by atoms with E-state index in [-0.39, 0.29) is 5.41 Å². The van der Waals surface area contributed by atoms with Crippen LogP contribution in [-0.2, 0) is 5.41 Å². The summed E-state index contributed by atoms with van der Waals surface area (Å²) in [5.74, 6) is 0.317. The lowest BCUT2D eigenvalue weighted by atomic mass is 9.59. The van der Waals surface area contributed by atoms with Gasteiger partial charge in [-0.3, -0.25) is 0 Å². The summed E-state index contributed by atoms with van der Waals surface area (Å²) in [6.07, 6.45) is 12.1. The SMILES string of the molecule is CC1=Cc2ccccc2[C@@H]1C1(c2cc(C)cc(C)c2)C=CC=C2C1=CC(C)=C2[SiH](C)C. The smallest absolute Gasteiger partial charge is 0.0658 e. The molecule has 1 heteroatoms. The predicted octanol–water partition coefficient (Wildman–Crippen LogP) is 7.52. The van der Waals surface area contributed by atoms with Gasteiger partial charge >= 0.3 is 0 Å². The Morgan fingerprint density at radius 3 is 2.29 bits per heavy atom. The van der Waals surface area contributed by atoms with Crippen molar-refractivity contribution in [3.63, 3.8) is 0 Å². The topological polar surface area (TPSA) is 0 Å². The minimum atomic E-state index is -0.952. The second kappa shape index (κ2) is 7.21. The van der Waals surface area contributed by atoms with Gasteiger partial charge < -0.3 is 0 Å². The first kappa shape index (κ1) is 20.3. The Morgan fingerprint density at radius 1 is 0.871 bits per heavy atom. The molecule has 0 fully saturated rings. The van der Waals surface area contributed by atoms with E-state index in [0.717, 1.165) is 0 Å². The molecule has 1 unspecified atom stereocenters. The van der Waals surface area contributed by atoms with Gasteiger partial charge in [0.15, 0.2) is 0 Å². The minimum absolute atomic E-state index is 0.180. The summed E-state index contributed by atoms with van der Waals surface area (Å²) in [5, 5.41) is 1.64. The van der Waals surface area contributed by atoms with Crippen LogP contribution in [0.2, 0.25) is 13.1 Å². The molecule has 3 aliphatic carbocycles. The molecule has 0 aromatic heterocycles. The minimum Gasteiger partial charge on any atom is -0.0686 e. The Bertz CT molecular complexity index is 1220. The van der Waals surface area contributed by atoms with E-state index in [4.69, 9.17) is 0 Å². The molecule has 0 aliphatic heterocycles. The number of benzene rings is 2. The van der Waals surface area contributed by atoms with Crippen LogP contribution in [0.1, 0.15) is 47.6 Å². The largest absolute Gasteiger partial charge is 0.0686 e. The number of fused-ring (bicyclic) bond motifs is 2. The van der Waals surface area contributed by atoms with Crippen molar-refractivity contribution in [1.29, 1.82) is 0 Å². The van der Waals surface area contributed by atoms with Crippen molar-refractivity contribution in [3.8, 4) is 0 Å². The highest BCUT2D eigenvalue weighted by Gasteiger charge is 2.49. The van der Waals surface area contributed by atoms with Crippen molar-refractivity contribution >= 4 is 14.9 Å². The zero-order valence-corrected chi connectivity index (χ0v) is 20.7. The first-order chi connectivity index (χ1) is 14.8. The second-order valence-electron chi connectivity index (χ2n) is 9.94. The lowest BCUT2D eigenvalue weighted by Gasteiger charge is -2.43. The molecule has 0 saturated heterocycles. The standard InChI is InChI=1S/C30H32Si/c1-19-14-20(2)16-24(15-19)30(28-21(3)17-23-10-7-8-11-25(23)28)13-9-12-26-27(30)18-22(4)29(26)31(5)6/h7-18,28,31H,1-6H3/t28-,30?/m1/s1. The highest BCUT2D eigenvalue weighted by molar-refractivity contribution is 6.66. The Balaban J connectivity index is 1.82. The molecular formula is C30H32Si. The first-order valence-electron chi connectivity index (χ1n) is 11.5.